The summed E-state index contributed by atoms with van der Waals surface area (Å²) in [5.41, 5.74) is 1.42. The van der Waals surface area contributed by atoms with Gasteiger partial charge < -0.3 is 15.3 Å². The maximum atomic E-state index is 12.1. The van der Waals surface area contributed by atoms with Gasteiger partial charge >= 0.3 is 12.0 Å². The van der Waals surface area contributed by atoms with Gasteiger partial charge in [0.2, 0.25) is 0 Å². The molecule has 1 fully saturated rings. The van der Waals surface area contributed by atoms with Crippen LogP contribution in [0.4, 0.5) is 4.79 Å². The lowest BCUT2D eigenvalue weighted by Crippen LogP contribution is -2.47. The number of urea groups is 1. The molecular weight excluding hydrogens is 270 g/mol. The molecule has 1 aliphatic rings. The standard InChI is InChI=1S/C15H17N3O3/c1-10-6-7-18(13(10)14(19)20)15(21)17-9-12-4-2-11(8-16)3-5-12/h2-5,10,13H,6-7,9H2,1H3,(H,17,21)(H,19,20). The largest absolute Gasteiger partial charge is 0.480 e. The Morgan fingerprint density at radius 3 is 2.67 bits per heavy atom. The van der Waals surface area contributed by atoms with Crippen LogP contribution in [0, 0.1) is 17.2 Å². The van der Waals surface area contributed by atoms with Gasteiger partial charge in [0.15, 0.2) is 0 Å². The fourth-order valence-electron chi connectivity index (χ4n) is 2.53. The van der Waals surface area contributed by atoms with Crippen molar-refractivity contribution in [1.82, 2.24) is 10.2 Å². The summed E-state index contributed by atoms with van der Waals surface area (Å²) in [6.07, 6.45) is 0.696. The van der Waals surface area contributed by atoms with Crippen LogP contribution < -0.4 is 5.32 Å². The first-order valence-electron chi connectivity index (χ1n) is 6.79. The molecule has 0 bridgehead atoms. The Balaban J connectivity index is 1.95. The number of carboxylic acid groups (broad SMARTS) is 1. The van der Waals surface area contributed by atoms with Crippen molar-refractivity contribution in [3.8, 4) is 6.07 Å². The SMILES string of the molecule is CC1CCN(C(=O)NCc2ccc(C#N)cc2)C1C(=O)O. The molecule has 0 aliphatic carbocycles. The normalized spacial score (nSPS) is 20.9. The number of hydrogen-bond acceptors (Lipinski definition) is 3. The van der Waals surface area contributed by atoms with E-state index in [1.807, 2.05) is 13.0 Å². The van der Waals surface area contributed by atoms with Crippen LogP contribution in [-0.2, 0) is 11.3 Å². The quantitative estimate of drug-likeness (QED) is 0.882. The number of amides is 2. The van der Waals surface area contributed by atoms with Crippen molar-refractivity contribution in [3.63, 3.8) is 0 Å². The van der Waals surface area contributed by atoms with Crippen molar-refractivity contribution in [2.24, 2.45) is 5.92 Å². The number of hydrogen-bond donors (Lipinski definition) is 2. The maximum Gasteiger partial charge on any atom is 0.326 e. The smallest absolute Gasteiger partial charge is 0.326 e. The number of carboxylic acids is 1. The molecule has 1 aromatic carbocycles. The number of nitrogens with one attached hydrogen (secondary N) is 1. The highest BCUT2D eigenvalue weighted by Gasteiger charge is 2.39. The lowest BCUT2D eigenvalue weighted by atomic mass is 10.0. The molecule has 0 saturated carbocycles. The first kappa shape index (κ1) is 14.9. The summed E-state index contributed by atoms with van der Waals surface area (Å²) in [5.74, 6) is -1.00. The van der Waals surface area contributed by atoms with E-state index in [2.05, 4.69) is 5.32 Å². The highest BCUT2D eigenvalue weighted by Crippen LogP contribution is 2.24. The van der Waals surface area contributed by atoms with E-state index < -0.39 is 12.0 Å². The van der Waals surface area contributed by atoms with Crippen LogP contribution in [-0.4, -0.2) is 34.6 Å². The van der Waals surface area contributed by atoms with Crippen molar-refractivity contribution < 1.29 is 14.7 Å². The first-order chi connectivity index (χ1) is 10.0. The zero-order chi connectivity index (χ0) is 15.4. The van der Waals surface area contributed by atoms with E-state index in [-0.39, 0.29) is 11.9 Å². The van der Waals surface area contributed by atoms with E-state index in [0.717, 1.165) is 5.56 Å². The third-order valence-corrected chi connectivity index (χ3v) is 3.74. The molecule has 1 saturated heterocycles. The minimum Gasteiger partial charge on any atom is -0.480 e. The molecule has 6 heteroatoms. The molecule has 2 N–H and O–H groups in total. The molecule has 2 rings (SSSR count). The van der Waals surface area contributed by atoms with E-state index in [0.29, 0.717) is 25.1 Å². The number of aliphatic carboxylic acids is 1. The Labute approximate surface area is 123 Å². The highest BCUT2D eigenvalue weighted by atomic mass is 16.4. The predicted molar refractivity (Wildman–Crippen MR) is 75.3 cm³/mol. The van der Waals surface area contributed by atoms with E-state index in [4.69, 9.17) is 5.26 Å². The molecule has 2 atom stereocenters. The van der Waals surface area contributed by atoms with Crippen LogP contribution >= 0.6 is 0 Å². The number of nitrogens with zero attached hydrogens (tertiary/aromatic N) is 2. The lowest BCUT2D eigenvalue weighted by molar-refractivity contribution is -0.142. The van der Waals surface area contributed by atoms with Gasteiger partial charge in [0.1, 0.15) is 6.04 Å². The summed E-state index contributed by atoms with van der Waals surface area (Å²) < 4.78 is 0. The minimum atomic E-state index is -0.964. The van der Waals surface area contributed by atoms with Crippen LogP contribution in [0.25, 0.3) is 0 Å². The van der Waals surface area contributed by atoms with E-state index >= 15 is 0 Å². The Hall–Kier alpha value is -2.55. The number of rotatable bonds is 3. The number of benzene rings is 1. The molecular formula is C15H17N3O3. The van der Waals surface area contributed by atoms with Crippen molar-refractivity contribution in [2.75, 3.05) is 6.54 Å². The minimum absolute atomic E-state index is 0.0387. The molecule has 1 heterocycles. The summed E-state index contributed by atoms with van der Waals surface area (Å²) >= 11 is 0. The second-order valence-electron chi connectivity index (χ2n) is 5.21. The summed E-state index contributed by atoms with van der Waals surface area (Å²) in [7, 11) is 0. The molecule has 2 unspecified atom stereocenters. The maximum absolute atomic E-state index is 12.1. The lowest BCUT2D eigenvalue weighted by Gasteiger charge is -2.23. The molecule has 6 nitrogen and oxygen atoms in total. The third-order valence-electron chi connectivity index (χ3n) is 3.74. The fraction of sp³-hybridized carbons (Fsp3) is 0.400. The van der Waals surface area contributed by atoms with Crippen molar-refractivity contribution >= 4 is 12.0 Å². The van der Waals surface area contributed by atoms with Crippen molar-refractivity contribution in [1.29, 1.82) is 5.26 Å². The van der Waals surface area contributed by atoms with Gasteiger partial charge in [-0.2, -0.15) is 5.26 Å². The van der Waals surface area contributed by atoms with Crippen LogP contribution in [0.2, 0.25) is 0 Å². The van der Waals surface area contributed by atoms with Gasteiger partial charge in [-0.15, -0.1) is 0 Å². The first-order valence-corrected chi connectivity index (χ1v) is 6.79. The number of nitriles is 1. The number of carbonyl (C=O) groups is 2. The molecule has 110 valence electrons. The summed E-state index contributed by atoms with van der Waals surface area (Å²) in [6, 6.07) is 7.79. The third kappa shape index (κ3) is 3.31. The number of carbonyl (C=O) groups excluding carboxylic acids is 1. The summed E-state index contributed by atoms with van der Waals surface area (Å²) in [5, 5.41) is 20.6. The molecule has 0 radical (unpaired) electrons. The van der Waals surface area contributed by atoms with Crippen LogP contribution in [0.1, 0.15) is 24.5 Å². The van der Waals surface area contributed by atoms with Gasteiger partial charge in [-0.05, 0) is 30.0 Å². The van der Waals surface area contributed by atoms with E-state index in [1.54, 1.807) is 24.3 Å². The van der Waals surface area contributed by atoms with Gasteiger partial charge in [-0.1, -0.05) is 19.1 Å². The fourth-order valence-corrected chi connectivity index (χ4v) is 2.53. The van der Waals surface area contributed by atoms with E-state index in [1.165, 1.54) is 4.90 Å². The van der Waals surface area contributed by atoms with Crippen molar-refractivity contribution in [3.05, 3.63) is 35.4 Å². The Morgan fingerprint density at radius 2 is 2.10 bits per heavy atom. The molecule has 0 spiro atoms. The Bertz CT molecular complexity index is 577. The van der Waals surface area contributed by atoms with Crippen LogP contribution in [0.3, 0.4) is 0 Å². The zero-order valence-corrected chi connectivity index (χ0v) is 11.7. The second kappa shape index (κ2) is 6.27. The molecule has 1 aliphatic heterocycles. The number of likely N-dealkylation sites (tertiary alicyclic amines) is 1. The van der Waals surface area contributed by atoms with Crippen LogP contribution in [0.15, 0.2) is 24.3 Å². The molecule has 1 aromatic rings. The zero-order valence-electron chi connectivity index (χ0n) is 11.7. The van der Waals surface area contributed by atoms with Gasteiger partial charge in [-0.25, -0.2) is 9.59 Å². The summed E-state index contributed by atoms with van der Waals surface area (Å²) in [6.45, 7) is 2.60. The summed E-state index contributed by atoms with van der Waals surface area (Å²) in [4.78, 5) is 24.7. The van der Waals surface area contributed by atoms with Gasteiger partial charge in [0.25, 0.3) is 0 Å². The monoisotopic (exact) mass is 287 g/mol. The van der Waals surface area contributed by atoms with Gasteiger partial charge in [0, 0.05) is 13.1 Å². The van der Waals surface area contributed by atoms with Crippen molar-refractivity contribution in [2.45, 2.75) is 25.9 Å². The highest BCUT2D eigenvalue weighted by molar-refractivity contribution is 5.83. The molecule has 0 aromatic heterocycles. The molecule has 21 heavy (non-hydrogen) atoms. The topological polar surface area (TPSA) is 93.4 Å². The van der Waals surface area contributed by atoms with Gasteiger partial charge in [0.05, 0.1) is 11.6 Å². The second-order valence-corrected chi connectivity index (χ2v) is 5.21. The molecule has 2 amide bonds. The predicted octanol–water partition coefficient (Wildman–Crippen LogP) is 1.56. The average molecular weight is 287 g/mol. The van der Waals surface area contributed by atoms with Gasteiger partial charge in [-0.3, -0.25) is 0 Å². The van der Waals surface area contributed by atoms with E-state index in [9.17, 15) is 14.7 Å². The Kier molecular flexibility index (Phi) is 4.43. The Morgan fingerprint density at radius 1 is 1.43 bits per heavy atom. The van der Waals surface area contributed by atoms with Crippen LogP contribution in [0.5, 0.6) is 0 Å². The average Bonchev–Trinajstić information content (AvgIpc) is 2.87.